The third-order valence-corrected chi connectivity index (χ3v) is 17.4. The molecule has 0 aliphatic carbocycles. The molecule has 384 valence electrons. The Labute approximate surface area is 421 Å². The Kier molecular flexibility index (Phi) is 17.2. The molecule has 16 heteroatoms. The first-order valence-corrected chi connectivity index (χ1v) is 28.9. The third-order valence-electron chi connectivity index (χ3n) is 14.4. The van der Waals surface area contributed by atoms with Crippen LogP contribution in [0.15, 0.2) is 107 Å². The Morgan fingerprint density at radius 2 is 1.37 bits per heavy atom. The van der Waals surface area contributed by atoms with Crippen molar-refractivity contribution < 1.29 is 53.0 Å². The number of ether oxygens (including phenoxy) is 1. The quantitative estimate of drug-likeness (QED) is 0.0209. The lowest BCUT2D eigenvalue weighted by atomic mass is 9.73. The van der Waals surface area contributed by atoms with Crippen LogP contribution in [0.4, 0.5) is 11.4 Å². The van der Waals surface area contributed by atoms with E-state index in [-0.39, 0.29) is 22.6 Å². The standard InChI is InChI=1S/C55H70N2O11S3/c1-37(2)25-28-54(8)49(56(30-16-13-17-32-68-36-58)45-24-23-43-44(52(45)54)33-39(5)34-48(43)71(65,66)67)21-14-11-10-12-15-22-50-55(9,29-26-41(7)69(59,60)61)53-46(57(50)31-27-38(3)4)35-40(6)42-19-18-20-47(51(42)53)70(62,63)64/h10-12,14-15,18-24,33-38,41H,13,16-17,25-32H2,1-9H3,(H2-,59,60,61,62,63,64,65,66,67)/p+1. The summed E-state index contributed by atoms with van der Waals surface area (Å²) >= 11 is 0. The highest BCUT2D eigenvalue weighted by Gasteiger charge is 2.49. The second kappa shape index (κ2) is 22.0. The fourth-order valence-corrected chi connectivity index (χ4v) is 12.5. The zero-order valence-corrected chi connectivity index (χ0v) is 44.9. The highest BCUT2D eigenvalue weighted by Crippen LogP contribution is 2.55. The number of carbonyl (C=O) groups is 1. The normalized spacial score (nSPS) is 19.8. The maximum absolute atomic E-state index is 13.0. The number of hydrogen-bond donors (Lipinski definition) is 3. The average Bonchev–Trinajstić information content (AvgIpc) is 3.66. The summed E-state index contributed by atoms with van der Waals surface area (Å²) < 4.78 is 115. The molecule has 0 amide bonds. The minimum absolute atomic E-state index is 0.0729. The first-order chi connectivity index (χ1) is 33.2. The van der Waals surface area contributed by atoms with Gasteiger partial charge in [-0.25, -0.2) is 0 Å². The lowest BCUT2D eigenvalue weighted by molar-refractivity contribution is -0.438. The van der Waals surface area contributed by atoms with E-state index in [1.165, 1.54) is 19.1 Å². The molecule has 0 fully saturated rings. The van der Waals surface area contributed by atoms with Crippen LogP contribution >= 0.6 is 0 Å². The van der Waals surface area contributed by atoms with Crippen LogP contribution in [-0.2, 0) is 50.7 Å². The van der Waals surface area contributed by atoms with Crippen LogP contribution in [0.1, 0.15) is 122 Å². The lowest BCUT2D eigenvalue weighted by Crippen LogP contribution is -2.32. The second-order valence-corrected chi connectivity index (χ2v) is 25.2. The van der Waals surface area contributed by atoms with Gasteiger partial charge in [-0.05, 0) is 149 Å². The summed E-state index contributed by atoms with van der Waals surface area (Å²) in [5.74, 6) is 0.700. The van der Waals surface area contributed by atoms with Gasteiger partial charge in [0.15, 0.2) is 5.71 Å². The number of rotatable bonds is 23. The summed E-state index contributed by atoms with van der Waals surface area (Å²) in [6, 6.07) is 14.1. The largest absolute Gasteiger partial charge is 0.468 e. The molecule has 0 aromatic heterocycles. The van der Waals surface area contributed by atoms with E-state index in [9.17, 15) is 43.7 Å². The summed E-state index contributed by atoms with van der Waals surface area (Å²) in [6.07, 6.45) is 18.8. The monoisotopic (exact) mass is 1030 g/mol. The number of allylic oxidation sites excluding steroid dienone is 8. The Balaban J connectivity index is 1.45. The molecule has 2 aliphatic rings. The molecule has 3 unspecified atom stereocenters. The van der Waals surface area contributed by atoms with Gasteiger partial charge in [0.25, 0.3) is 36.8 Å². The van der Waals surface area contributed by atoms with Crippen LogP contribution in [0.3, 0.4) is 0 Å². The van der Waals surface area contributed by atoms with E-state index in [2.05, 4.69) is 50.2 Å². The van der Waals surface area contributed by atoms with Crippen molar-refractivity contribution in [1.82, 2.24) is 0 Å². The van der Waals surface area contributed by atoms with Crippen LogP contribution < -0.4 is 4.90 Å². The van der Waals surface area contributed by atoms with Crippen LogP contribution in [0.2, 0.25) is 0 Å². The highest BCUT2D eigenvalue weighted by molar-refractivity contribution is 7.86. The molecule has 2 aliphatic heterocycles. The number of nitrogens with zero attached hydrogens (tertiary/aromatic N) is 2. The van der Waals surface area contributed by atoms with Crippen molar-refractivity contribution in [3.8, 4) is 0 Å². The molecule has 0 bridgehead atoms. The van der Waals surface area contributed by atoms with Gasteiger partial charge in [-0.2, -0.15) is 29.8 Å². The van der Waals surface area contributed by atoms with Crippen LogP contribution in [0.25, 0.3) is 21.5 Å². The number of benzene rings is 4. The smallest absolute Gasteiger partial charge is 0.295 e. The minimum Gasteiger partial charge on any atom is -0.468 e. The fraction of sp³-hybridized carbons (Fsp3) is 0.455. The van der Waals surface area contributed by atoms with Crippen LogP contribution in [0, 0.1) is 25.7 Å². The van der Waals surface area contributed by atoms with E-state index >= 15 is 0 Å². The van der Waals surface area contributed by atoms with Gasteiger partial charge in [-0.15, -0.1) is 0 Å². The van der Waals surface area contributed by atoms with Gasteiger partial charge in [-0.3, -0.25) is 18.5 Å². The first kappa shape index (κ1) is 55.3. The second-order valence-electron chi connectivity index (χ2n) is 20.6. The molecule has 0 radical (unpaired) electrons. The van der Waals surface area contributed by atoms with Crippen molar-refractivity contribution >= 4 is 75.5 Å². The summed E-state index contributed by atoms with van der Waals surface area (Å²) in [7, 11) is -13.6. The van der Waals surface area contributed by atoms with Gasteiger partial charge in [0.1, 0.15) is 16.3 Å². The Hall–Kier alpha value is -4.97. The minimum atomic E-state index is -4.69. The number of unbranched alkanes of at least 4 members (excludes halogenated alkanes) is 2. The van der Waals surface area contributed by atoms with Gasteiger partial charge < -0.3 is 9.64 Å². The molecule has 6 rings (SSSR count). The SMILES string of the molecule is Cc1cc(S(=O)(=O)O)c2ccc3c(c2c1)C(C)(CCC(C)C)C(/C=C/C=C/C=C/C=C1/N(CCC(C)C)c2cc(C)c4cccc(S(=O)(=O)O)c4c2C1(C)CCC(C)S(=O)(=O)O)=[N+]3CCCCCOC=O. The molecule has 4 aromatic rings. The van der Waals surface area contributed by atoms with E-state index < -0.39 is 46.4 Å². The van der Waals surface area contributed by atoms with Gasteiger partial charge in [0.2, 0.25) is 5.69 Å². The number of aryl methyl sites for hydroxylation is 2. The van der Waals surface area contributed by atoms with Crippen molar-refractivity contribution in [2.45, 2.75) is 140 Å². The highest BCUT2D eigenvalue weighted by atomic mass is 32.2. The molecule has 13 nitrogen and oxygen atoms in total. The molecule has 0 saturated carbocycles. The first-order valence-electron chi connectivity index (χ1n) is 24.5. The number of hydrogen-bond acceptors (Lipinski definition) is 9. The zero-order valence-electron chi connectivity index (χ0n) is 42.5. The molecular weight excluding hydrogens is 961 g/mol. The van der Waals surface area contributed by atoms with Gasteiger partial charge in [0, 0.05) is 58.2 Å². The fourth-order valence-electron chi connectivity index (χ4n) is 10.6. The number of fused-ring (bicyclic) bond motifs is 6. The van der Waals surface area contributed by atoms with Crippen molar-refractivity contribution in [3.63, 3.8) is 0 Å². The van der Waals surface area contributed by atoms with Crippen LogP contribution in [-0.4, -0.2) is 80.6 Å². The summed E-state index contributed by atoms with van der Waals surface area (Å²) in [5, 5.41) is 1.18. The third kappa shape index (κ3) is 12.0. The van der Waals surface area contributed by atoms with Gasteiger partial charge in [0.05, 0.1) is 17.3 Å². The number of carbonyl (C=O) groups excluding carboxylic acids is 1. The maximum Gasteiger partial charge on any atom is 0.295 e. The van der Waals surface area contributed by atoms with Crippen molar-refractivity contribution in [1.29, 1.82) is 0 Å². The zero-order chi connectivity index (χ0) is 52.3. The summed E-state index contributed by atoms with van der Waals surface area (Å²) in [6.45, 7) is 20.0. The molecule has 0 saturated heterocycles. The molecule has 3 N–H and O–H groups in total. The van der Waals surface area contributed by atoms with E-state index in [1.807, 2.05) is 81.5 Å². The Morgan fingerprint density at radius 1 is 0.704 bits per heavy atom. The molecule has 3 atom stereocenters. The predicted octanol–water partition coefficient (Wildman–Crippen LogP) is 11.7. The van der Waals surface area contributed by atoms with Crippen LogP contribution in [0.5, 0.6) is 0 Å². The Bertz CT molecular complexity index is 3190. The van der Waals surface area contributed by atoms with Gasteiger partial charge >= 0.3 is 0 Å². The molecular formula is C55H71N2O11S3+. The summed E-state index contributed by atoms with van der Waals surface area (Å²) in [5.41, 5.74) is 5.29. The van der Waals surface area contributed by atoms with E-state index in [0.29, 0.717) is 71.7 Å². The summed E-state index contributed by atoms with van der Waals surface area (Å²) in [4.78, 5) is 12.6. The van der Waals surface area contributed by atoms with Gasteiger partial charge in [-0.1, -0.05) is 76.3 Å². The molecule has 4 aromatic carbocycles. The van der Waals surface area contributed by atoms with E-state index in [4.69, 9.17) is 4.74 Å². The maximum atomic E-state index is 13.0. The predicted molar refractivity (Wildman–Crippen MR) is 284 cm³/mol. The average molecular weight is 1030 g/mol. The topological polar surface area (TPSA) is 196 Å². The van der Waals surface area contributed by atoms with Crippen molar-refractivity contribution in [2.75, 3.05) is 24.6 Å². The Morgan fingerprint density at radius 3 is 2.01 bits per heavy atom. The lowest BCUT2D eigenvalue weighted by Gasteiger charge is -2.32. The molecule has 0 spiro atoms. The van der Waals surface area contributed by atoms with E-state index in [1.54, 1.807) is 12.1 Å². The molecule has 2 heterocycles. The van der Waals surface area contributed by atoms with Crippen molar-refractivity contribution in [2.24, 2.45) is 11.8 Å². The van der Waals surface area contributed by atoms with E-state index in [0.717, 1.165) is 71.4 Å². The van der Waals surface area contributed by atoms with Crippen molar-refractivity contribution in [3.05, 3.63) is 119 Å². The molecule has 71 heavy (non-hydrogen) atoms. The number of anilines is 1.